The van der Waals surface area contributed by atoms with Crippen molar-refractivity contribution in [3.8, 4) is 0 Å². The summed E-state index contributed by atoms with van der Waals surface area (Å²) in [6.07, 6.45) is 3.97. The number of carbonyl (C=O) groups is 1. The molecule has 0 unspecified atom stereocenters. The number of likely N-dealkylation sites (N-methyl/N-ethyl adjacent to an activating group) is 1. The fourth-order valence-electron chi connectivity index (χ4n) is 3.45. The lowest BCUT2D eigenvalue weighted by Gasteiger charge is -2.26. The number of fused-ring (bicyclic) bond motifs is 1. The fraction of sp³-hybridized carbons (Fsp3) is 0.550. The maximum absolute atomic E-state index is 12.2. The maximum Gasteiger partial charge on any atom is 0.281 e. The summed E-state index contributed by atoms with van der Waals surface area (Å²) in [5.41, 5.74) is 2.77. The van der Waals surface area contributed by atoms with E-state index in [4.69, 9.17) is 4.84 Å². The summed E-state index contributed by atoms with van der Waals surface area (Å²) in [4.78, 5) is 20.2. The van der Waals surface area contributed by atoms with Crippen molar-refractivity contribution < 1.29 is 18.0 Å². The Morgan fingerprint density at radius 3 is 2.62 bits per heavy atom. The number of amides is 1. The highest BCUT2D eigenvalue weighted by Crippen LogP contribution is 2.22. The average molecular weight is 423 g/mol. The topological polar surface area (TPSA) is 85.9 Å². The van der Waals surface area contributed by atoms with Crippen LogP contribution < -0.4 is 0 Å². The van der Waals surface area contributed by atoms with Crippen LogP contribution in [0.15, 0.2) is 24.4 Å². The van der Waals surface area contributed by atoms with Gasteiger partial charge in [-0.2, -0.15) is 17.0 Å². The van der Waals surface area contributed by atoms with Gasteiger partial charge in [-0.15, -0.1) is 0 Å². The molecule has 1 saturated heterocycles. The van der Waals surface area contributed by atoms with Crippen molar-refractivity contribution in [3.05, 3.63) is 35.5 Å². The van der Waals surface area contributed by atoms with Crippen molar-refractivity contribution in [1.29, 1.82) is 0 Å². The van der Waals surface area contributed by atoms with Crippen molar-refractivity contribution in [3.63, 3.8) is 0 Å². The van der Waals surface area contributed by atoms with Crippen molar-refractivity contribution >= 4 is 27.5 Å². The second-order valence-corrected chi connectivity index (χ2v) is 10.4. The van der Waals surface area contributed by atoms with E-state index in [9.17, 15) is 13.2 Å². The van der Waals surface area contributed by atoms with Crippen LogP contribution in [-0.4, -0.2) is 72.3 Å². The van der Waals surface area contributed by atoms with Crippen LogP contribution in [0.5, 0.6) is 0 Å². The van der Waals surface area contributed by atoms with Gasteiger partial charge >= 0.3 is 0 Å². The molecule has 0 radical (unpaired) electrons. The highest BCUT2D eigenvalue weighted by atomic mass is 32.2. The zero-order valence-corrected chi connectivity index (χ0v) is 18.3. The number of nitrogens with one attached hydrogen (secondary N) is 1. The van der Waals surface area contributed by atoms with Crippen molar-refractivity contribution in [2.24, 2.45) is 0 Å². The van der Waals surface area contributed by atoms with E-state index in [0.717, 1.165) is 22.0 Å². The number of carbonyl (C=O) groups excluding carboxylic acids is 1. The molecule has 0 spiro atoms. The molecule has 0 aliphatic carbocycles. The largest absolute Gasteiger partial charge is 0.361 e. The summed E-state index contributed by atoms with van der Waals surface area (Å²) < 4.78 is 27.4. The van der Waals surface area contributed by atoms with E-state index in [0.29, 0.717) is 45.4 Å². The minimum Gasteiger partial charge on any atom is -0.361 e. The molecule has 1 aliphatic heterocycles. The Labute approximate surface area is 172 Å². The van der Waals surface area contributed by atoms with Crippen LogP contribution in [0.2, 0.25) is 0 Å². The molecule has 1 amide bonds. The smallest absolute Gasteiger partial charge is 0.281 e. The molecule has 8 nitrogen and oxygen atoms in total. The molecule has 2 heterocycles. The van der Waals surface area contributed by atoms with Crippen molar-refractivity contribution in [1.82, 2.24) is 18.7 Å². The lowest BCUT2D eigenvalue weighted by molar-refractivity contribution is -0.215. The molecular weight excluding hydrogens is 392 g/mol. The van der Waals surface area contributed by atoms with Crippen LogP contribution in [0, 0.1) is 0 Å². The number of hydroxylamine groups is 2. The van der Waals surface area contributed by atoms with Gasteiger partial charge in [-0.1, -0.05) is 6.07 Å². The fourth-order valence-corrected chi connectivity index (χ4v) is 4.79. The van der Waals surface area contributed by atoms with Crippen LogP contribution >= 0.6 is 0 Å². The number of aromatic nitrogens is 1. The molecular formula is C20H30N4O4S. The molecule has 3 rings (SSSR count). The van der Waals surface area contributed by atoms with E-state index in [-0.39, 0.29) is 0 Å². The molecule has 1 aliphatic rings. The molecule has 160 valence electrons. The third kappa shape index (κ3) is 5.16. The highest BCUT2D eigenvalue weighted by Gasteiger charge is 2.33. The minimum atomic E-state index is -3.30. The van der Waals surface area contributed by atoms with E-state index in [1.165, 1.54) is 13.7 Å². The Kier molecular flexibility index (Phi) is 6.33. The van der Waals surface area contributed by atoms with Gasteiger partial charge in [0.15, 0.2) is 0 Å². The van der Waals surface area contributed by atoms with Crippen LogP contribution in [0.4, 0.5) is 0 Å². The molecule has 0 saturated carbocycles. The van der Waals surface area contributed by atoms with Gasteiger partial charge in [-0.05, 0) is 56.9 Å². The van der Waals surface area contributed by atoms with Gasteiger partial charge in [0.05, 0.1) is 12.1 Å². The second-order valence-electron chi connectivity index (χ2n) is 8.37. The van der Waals surface area contributed by atoms with Crippen LogP contribution in [0.1, 0.15) is 31.9 Å². The van der Waals surface area contributed by atoms with Crippen LogP contribution in [-0.2, 0) is 32.7 Å². The number of hydrogen-bond acceptors (Lipinski definition) is 4. The Bertz CT molecular complexity index is 965. The third-order valence-electron chi connectivity index (χ3n) is 4.98. The average Bonchev–Trinajstić information content (AvgIpc) is 3.16. The van der Waals surface area contributed by atoms with E-state index in [1.807, 2.05) is 39.1 Å². The minimum absolute atomic E-state index is 0.432. The Hall–Kier alpha value is -1.94. The lowest BCUT2D eigenvalue weighted by atomic mass is 10.1. The second kappa shape index (κ2) is 8.43. The Balaban J connectivity index is 1.67. The number of rotatable bonds is 8. The summed E-state index contributed by atoms with van der Waals surface area (Å²) in [5, 5.41) is 2.42. The van der Waals surface area contributed by atoms with Crippen molar-refractivity contribution in [2.45, 2.75) is 39.2 Å². The molecule has 9 heteroatoms. The summed E-state index contributed by atoms with van der Waals surface area (Å²) in [5.74, 6) is 0. The Morgan fingerprint density at radius 2 is 2.00 bits per heavy atom. The van der Waals surface area contributed by atoms with Gasteiger partial charge in [0.1, 0.15) is 0 Å². The maximum atomic E-state index is 12.2. The van der Waals surface area contributed by atoms with Gasteiger partial charge in [-0.25, -0.2) is 5.06 Å². The quantitative estimate of drug-likeness (QED) is 0.520. The standard InChI is InChI=1S/C20H30N4O4S/c1-20(2,3)28-23(15-25)9-8-17-14-21-19-6-5-16(13-18(17)19)7-10-24-12-11-22(4)29(24,26)27/h5-6,13-15,21H,7-12H2,1-4H3. The predicted molar refractivity (Wildman–Crippen MR) is 112 cm³/mol. The summed E-state index contributed by atoms with van der Waals surface area (Å²) in [7, 11) is -1.69. The van der Waals surface area contributed by atoms with E-state index in [1.54, 1.807) is 7.05 Å². The SMILES string of the molecule is CN1CCN(CCc2ccc3[nH]cc(CCN(C=O)OC(C)(C)C)c3c2)S1(=O)=O. The van der Waals surface area contributed by atoms with E-state index < -0.39 is 15.8 Å². The molecule has 0 bridgehead atoms. The Morgan fingerprint density at radius 1 is 1.24 bits per heavy atom. The summed E-state index contributed by atoms with van der Waals surface area (Å²) in [6, 6.07) is 6.14. The first kappa shape index (κ1) is 21.8. The molecule has 1 aromatic carbocycles. The van der Waals surface area contributed by atoms with E-state index in [2.05, 4.69) is 11.1 Å². The molecule has 2 aromatic rings. The summed E-state index contributed by atoms with van der Waals surface area (Å²) >= 11 is 0. The first-order chi connectivity index (χ1) is 13.6. The van der Waals surface area contributed by atoms with Gasteiger partial charge in [0, 0.05) is 43.8 Å². The molecule has 0 atom stereocenters. The van der Waals surface area contributed by atoms with Crippen LogP contribution in [0.3, 0.4) is 0 Å². The molecule has 1 aromatic heterocycles. The number of aromatic amines is 1. The van der Waals surface area contributed by atoms with E-state index >= 15 is 0 Å². The number of nitrogens with zero attached hydrogens (tertiary/aromatic N) is 3. The number of benzene rings is 1. The van der Waals surface area contributed by atoms with Gasteiger partial charge in [0.25, 0.3) is 10.2 Å². The molecule has 29 heavy (non-hydrogen) atoms. The van der Waals surface area contributed by atoms with Gasteiger partial charge < -0.3 is 4.98 Å². The zero-order valence-electron chi connectivity index (χ0n) is 17.5. The summed E-state index contributed by atoms with van der Waals surface area (Å²) in [6.45, 7) is 7.70. The number of H-pyrrole nitrogens is 1. The van der Waals surface area contributed by atoms with Crippen molar-refractivity contribution in [2.75, 3.05) is 33.2 Å². The van der Waals surface area contributed by atoms with Crippen LogP contribution in [0.25, 0.3) is 10.9 Å². The highest BCUT2D eigenvalue weighted by molar-refractivity contribution is 7.87. The van der Waals surface area contributed by atoms with Gasteiger partial charge in [0.2, 0.25) is 6.41 Å². The monoisotopic (exact) mass is 422 g/mol. The lowest BCUT2D eigenvalue weighted by Crippen LogP contribution is -2.34. The molecule has 1 N–H and O–H groups in total. The number of hydrogen-bond donors (Lipinski definition) is 1. The zero-order chi connectivity index (χ0) is 21.2. The predicted octanol–water partition coefficient (Wildman–Crippen LogP) is 1.93. The third-order valence-corrected chi connectivity index (χ3v) is 6.96. The first-order valence-electron chi connectivity index (χ1n) is 9.81. The van der Waals surface area contributed by atoms with Gasteiger partial charge in [-0.3, -0.25) is 9.63 Å². The normalized spacial score (nSPS) is 17.8. The first-order valence-corrected chi connectivity index (χ1v) is 11.2. The molecule has 1 fully saturated rings.